The largest absolute Gasteiger partial charge is 0.384 e. The van der Waals surface area contributed by atoms with Gasteiger partial charge in [-0.3, -0.25) is 0 Å². The maximum atomic E-state index is 13.1. The van der Waals surface area contributed by atoms with E-state index in [1.54, 1.807) is 4.90 Å². The number of hydrogen-bond acceptors (Lipinski definition) is 4. The van der Waals surface area contributed by atoms with Gasteiger partial charge in [0, 0.05) is 12.5 Å². The van der Waals surface area contributed by atoms with Crippen molar-refractivity contribution < 1.29 is 8.78 Å². The molecule has 0 saturated carbocycles. The van der Waals surface area contributed by atoms with E-state index >= 15 is 0 Å². The minimum absolute atomic E-state index is 0.0307. The highest BCUT2D eigenvalue weighted by Crippen LogP contribution is 2.21. The summed E-state index contributed by atoms with van der Waals surface area (Å²) in [5, 5.41) is 0. The Morgan fingerprint density at radius 2 is 1.93 bits per heavy atom. The molecular formula is C9H12F2N4. The lowest BCUT2D eigenvalue weighted by molar-refractivity contribution is 0.191. The molecule has 0 radical (unpaired) electrons. The zero-order chi connectivity index (χ0) is 10.8. The number of hydrogen-bond donors (Lipinski definition) is 1. The van der Waals surface area contributed by atoms with Crippen LogP contribution in [0.4, 0.5) is 20.4 Å². The summed E-state index contributed by atoms with van der Waals surface area (Å²) in [5.74, 6) is 0.781. The van der Waals surface area contributed by atoms with Crippen molar-refractivity contribution in [2.45, 2.75) is 18.8 Å². The molecule has 0 spiro atoms. The summed E-state index contributed by atoms with van der Waals surface area (Å²) in [6.45, 7) is 0.327. The number of piperidine rings is 1. The van der Waals surface area contributed by atoms with Crippen molar-refractivity contribution in [3.8, 4) is 0 Å². The van der Waals surface area contributed by atoms with Crippen molar-refractivity contribution in [1.29, 1.82) is 0 Å². The Kier molecular flexibility index (Phi) is 2.66. The number of aromatic nitrogens is 2. The van der Waals surface area contributed by atoms with E-state index in [9.17, 15) is 8.78 Å². The highest BCUT2D eigenvalue weighted by atomic mass is 19.1. The summed E-state index contributed by atoms with van der Waals surface area (Å²) in [6.07, 6.45) is -1.04. The standard InChI is InChI=1S/C9H12F2N4/c10-6-1-7(11)4-15(3-6)9-2-8(12)13-5-14-9/h2,5-7H,1,3-4H2,(H2,12,13,14)/t6-,7+. The average Bonchev–Trinajstić information content (AvgIpc) is 2.16. The van der Waals surface area contributed by atoms with Crippen molar-refractivity contribution in [2.24, 2.45) is 0 Å². The van der Waals surface area contributed by atoms with Crippen molar-refractivity contribution in [3.63, 3.8) is 0 Å². The van der Waals surface area contributed by atoms with Crippen molar-refractivity contribution >= 4 is 11.6 Å². The molecule has 1 saturated heterocycles. The third kappa shape index (κ3) is 2.31. The molecule has 82 valence electrons. The normalized spacial score (nSPS) is 26.7. The Labute approximate surface area is 86.1 Å². The fourth-order valence-electron chi connectivity index (χ4n) is 1.70. The topological polar surface area (TPSA) is 55.0 Å². The van der Waals surface area contributed by atoms with Crippen LogP contribution in [-0.4, -0.2) is 35.4 Å². The highest BCUT2D eigenvalue weighted by Gasteiger charge is 2.27. The first-order chi connectivity index (χ1) is 7.15. The Morgan fingerprint density at radius 1 is 1.27 bits per heavy atom. The quantitative estimate of drug-likeness (QED) is 0.756. The van der Waals surface area contributed by atoms with E-state index in [1.165, 1.54) is 12.4 Å². The first kappa shape index (κ1) is 10.1. The second kappa shape index (κ2) is 3.96. The minimum atomic E-state index is -1.15. The van der Waals surface area contributed by atoms with Crippen molar-refractivity contribution in [1.82, 2.24) is 9.97 Å². The molecule has 1 aliphatic heterocycles. The van der Waals surface area contributed by atoms with Gasteiger partial charge in [-0.25, -0.2) is 18.7 Å². The lowest BCUT2D eigenvalue weighted by atomic mass is 10.1. The lowest BCUT2D eigenvalue weighted by Gasteiger charge is -2.31. The van der Waals surface area contributed by atoms with Gasteiger partial charge in [0.2, 0.25) is 0 Å². The van der Waals surface area contributed by atoms with Crippen LogP contribution in [0, 0.1) is 0 Å². The van der Waals surface area contributed by atoms with Crippen LogP contribution >= 0.6 is 0 Å². The van der Waals surface area contributed by atoms with Crippen LogP contribution in [0.2, 0.25) is 0 Å². The van der Waals surface area contributed by atoms with Crippen LogP contribution in [-0.2, 0) is 0 Å². The summed E-state index contributed by atoms with van der Waals surface area (Å²) in [4.78, 5) is 9.21. The van der Waals surface area contributed by atoms with Gasteiger partial charge in [0.1, 0.15) is 30.3 Å². The van der Waals surface area contributed by atoms with Crippen LogP contribution in [0.25, 0.3) is 0 Å². The van der Waals surface area contributed by atoms with Crippen LogP contribution < -0.4 is 10.6 Å². The molecule has 6 heteroatoms. The third-order valence-electron chi connectivity index (χ3n) is 2.35. The Balaban J connectivity index is 2.16. The van der Waals surface area contributed by atoms with Crippen LogP contribution in [0.3, 0.4) is 0 Å². The zero-order valence-corrected chi connectivity index (χ0v) is 8.11. The molecule has 0 amide bonds. The van der Waals surface area contributed by atoms with Gasteiger partial charge in [-0.1, -0.05) is 0 Å². The van der Waals surface area contributed by atoms with E-state index in [0.717, 1.165) is 0 Å². The van der Waals surface area contributed by atoms with E-state index in [1.807, 2.05) is 0 Å². The molecule has 2 heterocycles. The molecule has 15 heavy (non-hydrogen) atoms. The summed E-state index contributed by atoms with van der Waals surface area (Å²) in [6, 6.07) is 1.52. The van der Waals surface area contributed by atoms with E-state index in [0.29, 0.717) is 11.6 Å². The van der Waals surface area contributed by atoms with E-state index in [2.05, 4.69) is 9.97 Å². The Morgan fingerprint density at radius 3 is 2.53 bits per heavy atom. The molecule has 0 aliphatic carbocycles. The number of rotatable bonds is 1. The number of nitrogens with zero attached hydrogens (tertiary/aromatic N) is 3. The van der Waals surface area contributed by atoms with Crippen LogP contribution in [0.15, 0.2) is 12.4 Å². The maximum absolute atomic E-state index is 13.1. The lowest BCUT2D eigenvalue weighted by Crippen LogP contribution is -2.43. The fraction of sp³-hybridized carbons (Fsp3) is 0.556. The van der Waals surface area contributed by atoms with Gasteiger partial charge in [0.05, 0.1) is 13.1 Å². The molecule has 1 aromatic rings. The van der Waals surface area contributed by atoms with E-state index < -0.39 is 12.3 Å². The number of alkyl halides is 2. The zero-order valence-electron chi connectivity index (χ0n) is 8.11. The predicted molar refractivity (Wildman–Crippen MR) is 53.1 cm³/mol. The van der Waals surface area contributed by atoms with Crippen LogP contribution in [0.1, 0.15) is 6.42 Å². The molecule has 0 unspecified atom stereocenters. The van der Waals surface area contributed by atoms with Gasteiger partial charge in [0.15, 0.2) is 0 Å². The average molecular weight is 214 g/mol. The fourth-order valence-corrected chi connectivity index (χ4v) is 1.70. The van der Waals surface area contributed by atoms with Gasteiger partial charge in [-0.2, -0.15) is 0 Å². The van der Waals surface area contributed by atoms with Crippen molar-refractivity contribution in [3.05, 3.63) is 12.4 Å². The number of nitrogens with two attached hydrogens (primary N) is 1. The molecular weight excluding hydrogens is 202 g/mol. The van der Waals surface area contributed by atoms with Gasteiger partial charge >= 0.3 is 0 Å². The molecule has 2 atom stereocenters. The second-order valence-corrected chi connectivity index (χ2v) is 3.64. The first-order valence-electron chi connectivity index (χ1n) is 4.76. The molecule has 0 bridgehead atoms. The summed E-state index contributed by atoms with van der Waals surface area (Å²) in [5.41, 5.74) is 5.47. The van der Waals surface area contributed by atoms with E-state index in [-0.39, 0.29) is 19.5 Å². The molecule has 2 rings (SSSR count). The third-order valence-corrected chi connectivity index (χ3v) is 2.35. The molecule has 0 aromatic carbocycles. The predicted octanol–water partition coefficient (Wildman–Crippen LogP) is 0.945. The molecule has 1 aliphatic rings. The Bertz CT molecular complexity index is 337. The van der Waals surface area contributed by atoms with Crippen LogP contribution in [0.5, 0.6) is 0 Å². The number of halogens is 2. The summed E-state index contributed by atoms with van der Waals surface area (Å²) in [7, 11) is 0. The van der Waals surface area contributed by atoms with Crippen molar-refractivity contribution in [2.75, 3.05) is 23.7 Å². The minimum Gasteiger partial charge on any atom is -0.384 e. The van der Waals surface area contributed by atoms with Gasteiger partial charge in [-0.05, 0) is 0 Å². The van der Waals surface area contributed by atoms with Gasteiger partial charge in [0.25, 0.3) is 0 Å². The number of anilines is 2. The second-order valence-electron chi connectivity index (χ2n) is 3.64. The monoisotopic (exact) mass is 214 g/mol. The maximum Gasteiger partial charge on any atom is 0.134 e. The Hall–Kier alpha value is -1.46. The molecule has 4 nitrogen and oxygen atoms in total. The summed E-state index contributed by atoms with van der Waals surface area (Å²) >= 11 is 0. The summed E-state index contributed by atoms with van der Waals surface area (Å²) < 4.78 is 26.2. The molecule has 1 fully saturated rings. The smallest absolute Gasteiger partial charge is 0.134 e. The number of nitrogen functional groups attached to an aromatic ring is 1. The first-order valence-corrected chi connectivity index (χ1v) is 4.76. The van der Waals surface area contributed by atoms with Gasteiger partial charge < -0.3 is 10.6 Å². The SMILES string of the molecule is Nc1cc(N2C[C@H](F)C[C@H](F)C2)ncn1. The molecule has 2 N–H and O–H groups in total. The van der Waals surface area contributed by atoms with E-state index in [4.69, 9.17) is 5.73 Å². The molecule has 1 aromatic heterocycles. The van der Waals surface area contributed by atoms with Gasteiger partial charge in [-0.15, -0.1) is 0 Å². The highest BCUT2D eigenvalue weighted by molar-refractivity contribution is 5.46.